The number of rotatable bonds is 0. The van der Waals surface area contributed by atoms with Crippen LogP contribution in [0.5, 0.6) is 0 Å². The molecular formula is CH6BO2P. The van der Waals surface area contributed by atoms with Gasteiger partial charge in [-0.25, -0.2) is 0 Å². The smallest absolute Gasteiger partial charge is 0.215 e. The molecule has 0 saturated carbocycles. The third-order valence-corrected chi connectivity index (χ3v) is 0. The lowest BCUT2D eigenvalue weighted by Gasteiger charge is -1.86. The van der Waals surface area contributed by atoms with Crippen molar-refractivity contribution in [3.05, 3.63) is 0 Å². The van der Waals surface area contributed by atoms with Crippen molar-refractivity contribution in [2.75, 3.05) is 6.66 Å². The van der Waals surface area contributed by atoms with Gasteiger partial charge in [-0.1, -0.05) is 0 Å². The third-order valence-electron chi connectivity index (χ3n) is 0. The molecule has 1 atom stereocenters. The largest absolute Gasteiger partial charge is 0.352 e. The molecule has 5 heavy (non-hydrogen) atoms. The van der Waals surface area contributed by atoms with Gasteiger partial charge in [0.25, 0.3) is 0 Å². The van der Waals surface area contributed by atoms with Gasteiger partial charge >= 0.3 is 0 Å². The van der Waals surface area contributed by atoms with Gasteiger partial charge in [-0.05, 0) is 0 Å². The summed E-state index contributed by atoms with van der Waals surface area (Å²) in [4.78, 5) is 8.08. The van der Waals surface area contributed by atoms with Gasteiger partial charge in [0.2, 0.25) is 7.57 Å². The maximum atomic E-state index is 9.77. The zero-order valence-corrected chi connectivity index (χ0v) is 4.20. The molecule has 0 aliphatic carbocycles. The third kappa shape index (κ3) is 333. The summed E-state index contributed by atoms with van der Waals surface area (Å²) < 4.78 is 9.77. The Morgan fingerprint density at radius 1 is 2.00 bits per heavy atom. The van der Waals surface area contributed by atoms with Crippen molar-refractivity contribution in [1.29, 1.82) is 0 Å². The molecule has 2 nitrogen and oxygen atoms in total. The highest BCUT2D eigenvalue weighted by molar-refractivity contribution is 7.82. The molecule has 0 saturated heterocycles. The highest BCUT2D eigenvalue weighted by Gasteiger charge is 1.92. The van der Waals surface area contributed by atoms with Gasteiger partial charge in [-0.15, -0.1) is 0 Å². The summed E-state index contributed by atoms with van der Waals surface area (Å²) in [7, 11) is -1.34. The Balaban J connectivity index is 3.47. The first kappa shape index (κ1) is 5.25. The molecule has 0 heterocycles. The molecule has 0 bridgehead atoms. The molecule has 0 radical (unpaired) electrons. The summed E-state index contributed by atoms with van der Waals surface area (Å²) in [5, 5.41) is 0. The zero-order valence-electron chi connectivity index (χ0n) is 3.30. The molecule has 0 aliphatic heterocycles. The molecule has 1 N–H and O–H groups in total. The van der Waals surface area contributed by atoms with E-state index < -0.39 is 7.25 Å². The van der Waals surface area contributed by atoms with Crippen molar-refractivity contribution in [2.24, 2.45) is 0 Å². The predicted octanol–water partition coefficient (Wildman–Crippen LogP) is -0.565. The fourth-order valence-corrected chi connectivity index (χ4v) is 0. The van der Waals surface area contributed by atoms with E-state index >= 15 is 0 Å². The van der Waals surface area contributed by atoms with Crippen LogP contribution >= 0.6 is 7.25 Å². The Morgan fingerprint density at radius 2 is 2.00 bits per heavy atom. The van der Waals surface area contributed by atoms with Crippen LogP contribution in [-0.2, 0) is 4.57 Å². The van der Waals surface area contributed by atoms with Gasteiger partial charge in [0.1, 0.15) is 7.25 Å². The van der Waals surface area contributed by atoms with Gasteiger partial charge in [0.05, 0.1) is 0 Å². The number of hydrogen-bond donors (Lipinski definition) is 1. The van der Waals surface area contributed by atoms with Crippen LogP contribution in [0.4, 0.5) is 0 Å². The SMILES string of the molecule is BP(C)(=O)O. The lowest BCUT2D eigenvalue weighted by molar-refractivity contribution is 0.502. The van der Waals surface area contributed by atoms with Gasteiger partial charge in [0, 0.05) is 6.66 Å². The second-order valence-corrected chi connectivity index (χ2v) is 3.88. The van der Waals surface area contributed by atoms with E-state index in [4.69, 9.17) is 4.89 Å². The highest BCUT2D eigenvalue weighted by atomic mass is 31.2. The van der Waals surface area contributed by atoms with Crippen molar-refractivity contribution in [3.63, 3.8) is 0 Å². The highest BCUT2D eigenvalue weighted by Crippen LogP contribution is 2.25. The molecule has 0 aromatic heterocycles. The molecule has 0 rings (SSSR count). The average molecular weight is 91.8 g/mol. The first-order valence-electron chi connectivity index (χ1n) is 1.28. The topological polar surface area (TPSA) is 37.3 Å². The van der Waals surface area contributed by atoms with Crippen LogP contribution in [0.1, 0.15) is 0 Å². The summed E-state index contributed by atoms with van der Waals surface area (Å²) in [5.41, 5.74) is 0. The van der Waals surface area contributed by atoms with Crippen molar-refractivity contribution in [1.82, 2.24) is 0 Å². The lowest BCUT2D eigenvalue weighted by Crippen LogP contribution is -1.66. The Bertz CT molecular complexity index is 55.8. The standard InChI is InChI=1S/CH6BO2P/c1-5(2,3)4/h2H2,1H3,(H,3,4). The Morgan fingerprint density at radius 3 is 2.00 bits per heavy atom. The van der Waals surface area contributed by atoms with Crippen LogP contribution in [0.25, 0.3) is 0 Å². The van der Waals surface area contributed by atoms with Crippen molar-refractivity contribution >= 4 is 14.8 Å². The maximum Gasteiger partial charge on any atom is 0.215 e. The normalized spacial score (nSPS) is 21.2. The second-order valence-electron chi connectivity index (χ2n) is 1.29. The monoisotopic (exact) mass is 92.0 g/mol. The van der Waals surface area contributed by atoms with Gasteiger partial charge in [0.15, 0.2) is 0 Å². The van der Waals surface area contributed by atoms with E-state index in [1.165, 1.54) is 14.2 Å². The Labute approximate surface area is 32.0 Å². The van der Waals surface area contributed by atoms with E-state index in [0.29, 0.717) is 0 Å². The van der Waals surface area contributed by atoms with Gasteiger partial charge in [-0.2, -0.15) is 0 Å². The fourth-order valence-electron chi connectivity index (χ4n) is 0. The van der Waals surface area contributed by atoms with E-state index in [1.54, 1.807) is 0 Å². The molecule has 0 fully saturated rings. The lowest BCUT2D eigenvalue weighted by atomic mass is 10.8. The van der Waals surface area contributed by atoms with E-state index in [1.807, 2.05) is 0 Å². The van der Waals surface area contributed by atoms with Crippen molar-refractivity contribution < 1.29 is 9.46 Å². The van der Waals surface area contributed by atoms with Crippen LogP contribution < -0.4 is 0 Å². The quantitative estimate of drug-likeness (QED) is 0.321. The fraction of sp³-hybridized carbons (Fsp3) is 1.00. The molecule has 4 heteroatoms. The van der Waals surface area contributed by atoms with Crippen LogP contribution in [0, 0.1) is 0 Å². The molecule has 0 aromatic rings. The predicted molar refractivity (Wildman–Crippen MR) is 24.3 cm³/mol. The van der Waals surface area contributed by atoms with E-state index in [0.717, 1.165) is 0 Å². The van der Waals surface area contributed by atoms with Gasteiger partial charge < -0.3 is 9.46 Å². The summed E-state index contributed by atoms with van der Waals surface area (Å²) in [6.45, 7) is 1.30. The Hall–Kier alpha value is 0.255. The second kappa shape index (κ2) is 1.15. The zero-order chi connectivity index (χ0) is 4.50. The minimum atomic E-state index is -2.64. The summed E-state index contributed by atoms with van der Waals surface area (Å²) in [5.74, 6) is 0. The van der Waals surface area contributed by atoms with E-state index in [2.05, 4.69) is 0 Å². The summed E-state index contributed by atoms with van der Waals surface area (Å²) in [6.07, 6.45) is 0. The molecule has 0 aromatic carbocycles. The minimum absolute atomic E-state index is 1.30. The van der Waals surface area contributed by atoms with E-state index in [9.17, 15) is 4.57 Å². The maximum absolute atomic E-state index is 9.77. The minimum Gasteiger partial charge on any atom is -0.352 e. The van der Waals surface area contributed by atoms with E-state index in [-0.39, 0.29) is 0 Å². The first-order valence-corrected chi connectivity index (χ1v) is 3.83. The molecular weight excluding hydrogens is 85.8 g/mol. The summed E-state index contributed by atoms with van der Waals surface area (Å²) >= 11 is 0. The average Bonchev–Trinajstić information content (AvgIpc) is 0.722. The first-order chi connectivity index (χ1) is 2.00. The van der Waals surface area contributed by atoms with Gasteiger partial charge in [-0.3, -0.25) is 0 Å². The molecule has 0 aliphatic rings. The van der Waals surface area contributed by atoms with Crippen molar-refractivity contribution in [2.45, 2.75) is 0 Å². The molecule has 30 valence electrons. The summed E-state index contributed by atoms with van der Waals surface area (Å²) in [6, 6.07) is 0. The number of hydrogen-bond acceptors (Lipinski definition) is 1. The van der Waals surface area contributed by atoms with Crippen LogP contribution in [0.3, 0.4) is 0 Å². The van der Waals surface area contributed by atoms with Crippen LogP contribution in [-0.4, -0.2) is 19.1 Å². The molecule has 0 amide bonds. The van der Waals surface area contributed by atoms with Crippen LogP contribution in [0.2, 0.25) is 0 Å². The molecule has 0 spiro atoms. The van der Waals surface area contributed by atoms with Crippen molar-refractivity contribution in [3.8, 4) is 0 Å². The molecule has 1 unspecified atom stereocenters. The van der Waals surface area contributed by atoms with Crippen LogP contribution in [0.15, 0.2) is 0 Å². The Kier molecular flexibility index (Phi) is 1.21.